The number of anilines is 3. The Labute approximate surface area is 552 Å². The molecule has 0 radical (unpaired) electrons. The fourth-order valence-corrected chi connectivity index (χ4v) is 12.1. The maximum atomic E-state index is 12.9. The summed E-state index contributed by atoms with van der Waals surface area (Å²) < 4.78 is 81.9. The molecule has 0 fully saturated rings. The summed E-state index contributed by atoms with van der Waals surface area (Å²) in [5.74, 6) is -3.85. The molecule has 0 saturated heterocycles. The first kappa shape index (κ1) is 71.4. The molecule has 0 amide bonds. The molecule has 10 aromatic rings. The van der Waals surface area contributed by atoms with Crippen molar-refractivity contribution in [2.45, 2.75) is 62.2 Å². The highest BCUT2D eigenvalue weighted by Gasteiger charge is 2.17. The Kier molecular flexibility index (Phi) is 25.6. The van der Waals surface area contributed by atoms with Gasteiger partial charge in [0.15, 0.2) is 5.78 Å². The van der Waals surface area contributed by atoms with Crippen LogP contribution in [-0.2, 0) is 68.6 Å². The number of carbonyl (C=O) groups excluding carboxylic acids is 1. The molecule has 488 valence electrons. The van der Waals surface area contributed by atoms with Crippen molar-refractivity contribution in [3.8, 4) is 11.1 Å². The Morgan fingerprint density at radius 2 is 0.589 bits per heavy atom. The summed E-state index contributed by atoms with van der Waals surface area (Å²) in [4.78, 5) is 55.0. The number of hydrogen-bond acceptors (Lipinski definition) is 11. The van der Waals surface area contributed by atoms with Crippen LogP contribution in [0.4, 0.5) is 17.1 Å². The van der Waals surface area contributed by atoms with E-state index in [0.29, 0.717) is 66.7 Å². The number of benzene rings is 10. The number of rotatable bonds is 24. The number of hydrogen-bond donors (Lipinski definition) is 7. The topological polar surface area (TPSA) is 305 Å². The number of Topliss-reactive ketones (excluding diaryl/α,β-unsaturated/α-hetero) is 1. The molecule has 21 heteroatoms. The normalized spacial score (nSPS) is 10.9. The maximum absolute atomic E-state index is 12.9. The first-order valence-electron chi connectivity index (χ1n) is 29.7. The standard InChI is InChI=1S/C27H23NO4S.C23H21NO5S.C17H19NO4S.C7H6O2/c29-27(30)24-10-4-6-20(18-24)12-13-21-7-5-11-25(19-21)28-33(31,32)26-16-14-23(15-17-26)22-8-2-1-3-9-22;1-16(25)19-10-12-22(13-11-19)30(28,29)24-21-7-3-5-18(15-21)9-8-17-4-2-6-20(14-17)23(26)27;1-2-23(21,22)18-16-8-4-6-14(12-16)10-9-13-5-3-7-15(11-13)17(19)20;8-7(9)6-4-2-1-3-5-6/h1-11,14-19,28H,12-13H2,(H,29,30);2-7,10-15,24H,8-9H2,1H3,(H,26,27);3-8,11-12,18H,2,9-10H2,1H3,(H,19,20);1-5H,(H,8,9). The summed E-state index contributed by atoms with van der Waals surface area (Å²) in [7, 11) is -10.8. The molecule has 0 saturated carbocycles. The van der Waals surface area contributed by atoms with Crippen molar-refractivity contribution in [1.82, 2.24) is 0 Å². The van der Waals surface area contributed by atoms with Gasteiger partial charge >= 0.3 is 23.9 Å². The molecular weight excluding hydrogens is 1270 g/mol. The predicted molar refractivity (Wildman–Crippen MR) is 368 cm³/mol. The molecule has 0 unspecified atom stereocenters. The summed E-state index contributed by atoms with van der Waals surface area (Å²) >= 11 is 0. The molecule has 0 aliphatic heterocycles. The molecule has 0 bridgehead atoms. The monoisotopic (exact) mass is 1340 g/mol. The lowest BCUT2D eigenvalue weighted by molar-refractivity contribution is 0.0686. The van der Waals surface area contributed by atoms with Crippen LogP contribution in [0.1, 0.15) is 99.0 Å². The molecule has 0 heterocycles. The molecule has 0 aliphatic rings. The number of aryl methyl sites for hydroxylation is 6. The molecule has 0 aliphatic carbocycles. The Hall–Kier alpha value is -11.0. The third-order valence-corrected chi connectivity index (χ3v) is 18.5. The van der Waals surface area contributed by atoms with Crippen LogP contribution >= 0.6 is 0 Å². The van der Waals surface area contributed by atoms with Gasteiger partial charge in [0.2, 0.25) is 10.0 Å². The fourth-order valence-electron chi connectivity index (χ4n) is 9.40. The molecule has 10 aromatic carbocycles. The molecule has 95 heavy (non-hydrogen) atoms. The van der Waals surface area contributed by atoms with E-state index in [1.165, 1.54) is 31.2 Å². The van der Waals surface area contributed by atoms with Crippen molar-refractivity contribution in [1.29, 1.82) is 0 Å². The van der Waals surface area contributed by atoms with Gasteiger partial charge in [-0.15, -0.1) is 0 Å². The lowest BCUT2D eigenvalue weighted by Gasteiger charge is -2.11. The third-order valence-electron chi connectivity index (χ3n) is 14.4. The molecule has 18 nitrogen and oxygen atoms in total. The van der Waals surface area contributed by atoms with Crippen molar-refractivity contribution >= 4 is 76.8 Å². The zero-order valence-corrected chi connectivity index (χ0v) is 54.2. The molecule has 10 rings (SSSR count). The first-order valence-corrected chi connectivity index (χ1v) is 34.3. The second-order valence-electron chi connectivity index (χ2n) is 21.5. The van der Waals surface area contributed by atoms with Gasteiger partial charge in [0.25, 0.3) is 20.0 Å². The van der Waals surface area contributed by atoms with E-state index < -0.39 is 53.9 Å². The van der Waals surface area contributed by atoms with E-state index in [1.54, 1.807) is 171 Å². The molecule has 0 spiro atoms. The number of nitrogens with one attached hydrogen (secondary N) is 3. The highest BCUT2D eigenvalue weighted by atomic mass is 32.2. The van der Waals surface area contributed by atoms with Gasteiger partial charge in [0, 0.05) is 22.6 Å². The van der Waals surface area contributed by atoms with Gasteiger partial charge in [-0.1, -0.05) is 146 Å². The number of aromatic carboxylic acids is 4. The van der Waals surface area contributed by atoms with E-state index in [9.17, 15) is 49.2 Å². The van der Waals surface area contributed by atoms with Gasteiger partial charge in [-0.2, -0.15) is 0 Å². The SMILES string of the molecule is CC(=O)c1ccc(S(=O)(=O)Nc2cccc(CCc3cccc(C(=O)O)c3)c2)cc1.CCS(=O)(=O)Nc1cccc(CCc2cccc(C(=O)O)c2)c1.O=C(O)c1cccc(CCc2cccc(NS(=O)(=O)c3ccc(-c4ccccc4)cc3)c2)c1.O=C(O)c1ccccc1. The van der Waals surface area contributed by atoms with Crippen LogP contribution in [0.25, 0.3) is 11.1 Å². The minimum absolute atomic E-state index is 0.0270. The van der Waals surface area contributed by atoms with Crippen LogP contribution in [-0.4, -0.2) is 81.1 Å². The van der Waals surface area contributed by atoms with E-state index >= 15 is 0 Å². The predicted octanol–water partition coefficient (Wildman–Crippen LogP) is 14.1. The number of ketones is 1. The summed E-state index contributed by atoms with van der Waals surface area (Å²) in [6, 6.07) is 72.6. The van der Waals surface area contributed by atoms with Crippen molar-refractivity contribution in [2.75, 3.05) is 19.9 Å². The van der Waals surface area contributed by atoms with Gasteiger partial charge in [0.1, 0.15) is 0 Å². The average Bonchev–Trinajstić information content (AvgIpc) is 0.934. The van der Waals surface area contributed by atoms with E-state index in [2.05, 4.69) is 14.2 Å². The van der Waals surface area contributed by atoms with E-state index in [0.717, 1.165) is 44.5 Å². The molecule has 7 N–H and O–H groups in total. The largest absolute Gasteiger partial charge is 0.478 e. The van der Waals surface area contributed by atoms with Gasteiger partial charge in [-0.05, 0) is 206 Å². The van der Waals surface area contributed by atoms with E-state index in [4.69, 9.17) is 20.4 Å². The minimum Gasteiger partial charge on any atom is -0.478 e. The summed E-state index contributed by atoms with van der Waals surface area (Å²) in [5, 5.41) is 35.6. The molecular formula is C74H69N3O15S3. The quantitative estimate of drug-likeness (QED) is 0.0277. The summed E-state index contributed by atoms with van der Waals surface area (Å²) in [6.45, 7) is 3.01. The summed E-state index contributed by atoms with van der Waals surface area (Å²) in [5.41, 5.74) is 10.6. The second-order valence-corrected chi connectivity index (χ2v) is 26.9. The van der Waals surface area contributed by atoms with Gasteiger partial charge in [0.05, 0.1) is 37.8 Å². The zero-order valence-electron chi connectivity index (χ0n) is 51.7. The van der Waals surface area contributed by atoms with Crippen molar-refractivity contribution in [2.24, 2.45) is 0 Å². The van der Waals surface area contributed by atoms with Crippen LogP contribution < -0.4 is 14.2 Å². The first-order chi connectivity index (χ1) is 45.3. The smallest absolute Gasteiger partial charge is 0.335 e. The molecule has 0 aromatic heterocycles. The minimum atomic E-state index is -3.78. The zero-order chi connectivity index (χ0) is 68.5. The van der Waals surface area contributed by atoms with Gasteiger partial charge in [-0.25, -0.2) is 44.4 Å². The van der Waals surface area contributed by atoms with Crippen LogP contribution in [0.5, 0.6) is 0 Å². The number of carbonyl (C=O) groups is 5. The van der Waals surface area contributed by atoms with E-state index in [1.807, 2.05) is 66.7 Å². The fraction of sp³-hybridized carbons (Fsp3) is 0.122. The third kappa shape index (κ3) is 23.0. The van der Waals surface area contributed by atoms with Crippen LogP contribution in [0.15, 0.2) is 265 Å². The summed E-state index contributed by atoms with van der Waals surface area (Å²) in [6.07, 6.45) is 3.95. The van der Waals surface area contributed by atoms with Crippen molar-refractivity contribution in [3.63, 3.8) is 0 Å². The Morgan fingerprint density at radius 3 is 0.905 bits per heavy atom. The Bertz CT molecular complexity index is 4650. The Balaban J connectivity index is 0.000000191. The van der Waals surface area contributed by atoms with Gasteiger partial charge < -0.3 is 20.4 Å². The average molecular weight is 1340 g/mol. The van der Waals surface area contributed by atoms with Crippen LogP contribution in [0.2, 0.25) is 0 Å². The van der Waals surface area contributed by atoms with Crippen molar-refractivity contribution in [3.05, 3.63) is 316 Å². The lowest BCUT2D eigenvalue weighted by Crippen LogP contribution is -2.14. The van der Waals surface area contributed by atoms with Crippen LogP contribution in [0.3, 0.4) is 0 Å². The van der Waals surface area contributed by atoms with Gasteiger partial charge in [-0.3, -0.25) is 19.0 Å². The lowest BCUT2D eigenvalue weighted by atomic mass is 10.0. The highest BCUT2D eigenvalue weighted by molar-refractivity contribution is 7.93. The number of carboxylic acid groups (broad SMARTS) is 4. The number of carboxylic acids is 4. The Morgan fingerprint density at radius 1 is 0.305 bits per heavy atom. The highest BCUT2D eigenvalue weighted by Crippen LogP contribution is 2.25. The van der Waals surface area contributed by atoms with Crippen LogP contribution in [0, 0.1) is 0 Å². The second kappa shape index (κ2) is 34.1. The molecule has 0 atom stereocenters. The maximum Gasteiger partial charge on any atom is 0.335 e. The number of sulfonamides is 3. The van der Waals surface area contributed by atoms with Crippen molar-refractivity contribution < 1.29 is 69.7 Å². The van der Waals surface area contributed by atoms with E-state index in [-0.39, 0.29) is 38.0 Å².